The zero-order valence-corrected chi connectivity index (χ0v) is 6.29. The Morgan fingerprint density at radius 3 is 2.30 bits per heavy atom. The van der Waals surface area contributed by atoms with Crippen LogP contribution in [-0.2, 0) is 0 Å². The fraction of sp³-hybridized carbons (Fsp3) is 1.00. The molecule has 5 unspecified atom stereocenters. The van der Waals surface area contributed by atoms with Gasteiger partial charge in [-0.2, -0.15) is 0 Å². The van der Waals surface area contributed by atoms with Gasteiger partial charge in [-0.25, -0.2) is 0 Å². The summed E-state index contributed by atoms with van der Waals surface area (Å²) in [6, 6.07) is 0.566. The van der Waals surface area contributed by atoms with Crippen LogP contribution in [0.4, 0.5) is 0 Å². The molecule has 56 valence electrons. The van der Waals surface area contributed by atoms with Crippen LogP contribution in [0.3, 0.4) is 0 Å². The molecular formula is C9H15N. The first-order valence-corrected chi connectivity index (χ1v) is 4.60. The normalized spacial score (nSPS) is 63.9. The summed E-state index contributed by atoms with van der Waals surface area (Å²) in [5.41, 5.74) is 5.94. The first-order chi connectivity index (χ1) is 4.84. The fourth-order valence-electron chi connectivity index (χ4n) is 3.70. The minimum Gasteiger partial charge on any atom is -0.328 e. The molecule has 0 amide bonds. The first kappa shape index (κ1) is 5.59. The van der Waals surface area contributed by atoms with Gasteiger partial charge in [0.25, 0.3) is 0 Å². The smallest absolute Gasteiger partial charge is 0.00444 e. The van der Waals surface area contributed by atoms with Crippen molar-refractivity contribution in [2.75, 3.05) is 0 Å². The van der Waals surface area contributed by atoms with Crippen molar-refractivity contribution in [2.45, 2.75) is 31.7 Å². The molecule has 0 aliphatic heterocycles. The van der Waals surface area contributed by atoms with Crippen LogP contribution in [0.2, 0.25) is 0 Å². The van der Waals surface area contributed by atoms with Gasteiger partial charge in [-0.05, 0) is 49.4 Å². The summed E-state index contributed by atoms with van der Waals surface area (Å²) in [4.78, 5) is 0. The lowest BCUT2D eigenvalue weighted by molar-refractivity contribution is 0.0863. The predicted octanol–water partition coefficient (Wildman–Crippen LogP) is 1.38. The second kappa shape index (κ2) is 1.58. The highest BCUT2D eigenvalue weighted by molar-refractivity contribution is 5.06. The van der Waals surface area contributed by atoms with Gasteiger partial charge >= 0.3 is 0 Å². The Kier molecular flexibility index (Phi) is 0.883. The van der Waals surface area contributed by atoms with Crippen LogP contribution in [0.5, 0.6) is 0 Å². The van der Waals surface area contributed by atoms with Crippen molar-refractivity contribution in [3.05, 3.63) is 0 Å². The van der Waals surface area contributed by atoms with E-state index in [0.29, 0.717) is 6.04 Å². The molecule has 4 rings (SSSR count). The van der Waals surface area contributed by atoms with Crippen LogP contribution >= 0.6 is 0 Å². The SMILES string of the molecule is NC1CC2CC3CC2C3C1. The van der Waals surface area contributed by atoms with Crippen molar-refractivity contribution < 1.29 is 0 Å². The van der Waals surface area contributed by atoms with Crippen molar-refractivity contribution in [1.82, 2.24) is 0 Å². The number of hydrogen-bond acceptors (Lipinski definition) is 1. The van der Waals surface area contributed by atoms with E-state index >= 15 is 0 Å². The summed E-state index contributed by atoms with van der Waals surface area (Å²) in [5, 5.41) is 0. The third-order valence-electron chi connectivity index (χ3n) is 4.12. The largest absolute Gasteiger partial charge is 0.328 e. The average Bonchev–Trinajstić information content (AvgIpc) is 2.34. The minimum atomic E-state index is 0.566. The van der Waals surface area contributed by atoms with Crippen LogP contribution in [0.15, 0.2) is 0 Å². The number of hydrogen-bond donors (Lipinski definition) is 1. The molecule has 0 radical (unpaired) electrons. The van der Waals surface area contributed by atoms with Gasteiger partial charge < -0.3 is 5.73 Å². The Morgan fingerprint density at radius 1 is 0.800 bits per heavy atom. The van der Waals surface area contributed by atoms with Crippen molar-refractivity contribution >= 4 is 0 Å². The van der Waals surface area contributed by atoms with Gasteiger partial charge in [0.1, 0.15) is 0 Å². The lowest BCUT2D eigenvalue weighted by atomic mass is 9.64. The molecule has 4 aliphatic carbocycles. The van der Waals surface area contributed by atoms with Crippen molar-refractivity contribution in [3.8, 4) is 0 Å². The maximum absolute atomic E-state index is 5.94. The molecule has 4 fully saturated rings. The van der Waals surface area contributed by atoms with Crippen LogP contribution in [0, 0.1) is 23.7 Å². The molecule has 1 heteroatoms. The second-order valence-corrected chi connectivity index (χ2v) is 4.55. The molecule has 0 aromatic carbocycles. The van der Waals surface area contributed by atoms with E-state index in [1.54, 1.807) is 6.42 Å². The lowest BCUT2D eigenvalue weighted by Gasteiger charge is -2.42. The van der Waals surface area contributed by atoms with E-state index in [-0.39, 0.29) is 0 Å². The Bertz CT molecular complexity index is 158. The molecule has 4 bridgehead atoms. The highest BCUT2D eigenvalue weighted by Gasteiger charge is 2.55. The summed E-state index contributed by atoms with van der Waals surface area (Å²) in [6.07, 6.45) is 5.79. The molecule has 1 nitrogen and oxygen atoms in total. The van der Waals surface area contributed by atoms with Gasteiger partial charge in [-0.15, -0.1) is 0 Å². The van der Waals surface area contributed by atoms with E-state index in [9.17, 15) is 0 Å². The van der Waals surface area contributed by atoms with Gasteiger partial charge in [0.2, 0.25) is 0 Å². The van der Waals surface area contributed by atoms with Gasteiger partial charge in [0, 0.05) is 6.04 Å². The van der Waals surface area contributed by atoms with E-state index in [2.05, 4.69) is 0 Å². The molecule has 2 N–H and O–H groups in total. The third kappa shape index (κ3) is 0.493. The zero-order chi connectivity index (χ0) is 6.72. The van der Waals surface area contributed by atoms with Crippen molar-refractivity contribution in [3.63, 3.8) is 0 Å². The number of nitrogens with two attached hydrogens (primary N) is 1. The molecule has 0 spiro atoms. The van der Waals surface area contributed by atoms with E-state index < -0.39 is 0 Å². The molecule has 10 heavy (non-hydrogen) atoms. The Labute approximate surface area is 62.0 Å². The molecule has 0 aromatic rings. The summed E-state index contributed by atoms with van der Waals surface area (Å²) in [7, 11) is 0. The average molecular weight is 137 g/mol. The molecule has 5 atom stereocenters. The molecular weight excluding hydrogens is 122 g/mol. The van der Waals surface area contributed by atoms with E-state index in [1.165, 1.54) is 19.3 Å². The minimum absolute atomic E-state index is 0.566. The van der Waals surface area contributed by atoms with Gasteiger partial charge in [0.15, 0.2) is 0 Å². The van der Waals surface area contributed by atoms with Gasteiger partial charge in [-0.3, -0.25) is 0 Å². The van der Waals surface area contributed by atoms with Crippen LogP contribution in [-0.4, -0.2) is 6.04 Å². The summed E-state index contributed by atoms with van der Waals surface area (Å²) in [5.74, 6) is 4.38. The highest BCUT2D eigenvalue weighted by Crippen LogP contribution is 2.62. The van der Waals surface area contributed by atoms with E-state index in [0.717, 1.165) is 23.7 Å². The number of rotatable bonds is 0. The summed E-state index contributed by atoms with van der Waals surface area (Å²) >= 11 is 0. The summed E-state index contributed by atoms with van der Waals surface area (Å²) in [6.45, 7) is 0. The Morgan fingerprint density at radius 2 is 1.50 bits per heavy atom. The maximum atomic E-state index is 5.94. The van der Waals surface area contributed by atoms with Crippen LogP contribution in [0.1, 0.15) is 25.7 Å². The quantitative estimate of drug-likeness (QED) is 0.536. The monoisotopic (exact) mass is 137 g/mol. The zero-order valence-electron chi connectivity index (χ0n) is 6.29. The molecule has 4 aliphatic rings. The Hall–Kier alpha value is -0.0400. The van der Waals surface area contributed by atoms with E-state index in [1.807, 2.05) is 0 Å². The first-order valence-electron chi connectivity index (χ1n) is 4.60. The molecule has 0 heterocycles. The van der Waals surface area contributed by atoms with Crippen molar-refractivity contribution in [2.24, 2.45) is 29.4 Å². The standard InChI is InChI=1S/C9H15N/c10-7-2-5-1-6-3-8(5)9(6)4-7/h5-9H,1-4,10H2. The maximum Gasteiger partial charge on any atom is 0.00444 e. The topological polar surface area (TPSA) is 26.0 Å². The van der Waals surface area contributed by atoms with Crippen molar-refractivity contribution in [1.29, 1.82) is 0 Å². The van der Waals surface area contributed by atoms with Gasteiger partial charge in [0.05, 0.1) is 0 Å². The molecule has 0 saturated heterocycles. The lowest BCUT2D eigenvalue weighted by Crippen LogP contribution is -2.40. The molecule has 4 saturated carbocycles. The van der Waals surface area contributed by atoms with Crippen LogP contribution < -0.4 is 5.73 Å². The predicted molar refractivity (Wildman–Crippen MR) is 40.4 cm³/mol. The van der Waals surface area contributed by atoms with Crippen LogP contribution in [0.25, 0.3) is 0 Å². The molecule has 0 aromatic heterocycles. The fourth-order valence-corrected chi connectivity index (χ4v) is 3.70. The Balaban J connectivity index is 1.89. The highest BCUT2D eigenvalue weighted by atomic mass is 14.7. The second-order valence-electron chi connectivity index (χ2n) is 4.55. The third-order valence-corrected chi connectivity index (χ3v) is 4.12. The van der Waals surface area contributed by atoms with Gasteiger partial charge in [-0.1, -0.05) is 0 Å². The van der Waals surface area contributed by atoms with E-state index in [4.69, 9.17) is 5.73 Å². The summed E-state index contributed by atoms with van der Waals surface area (Å²) < 4.78 is 0.